The highest BCUT2D eigenvalue weighted by Gasteiger charge is 2.35. The van der Waals surface area contributed by atoms with Crippen molar-refractivity contribution in [1.82, 2.24) is 9.55 Å². The maximum Gasteiger partial charge on any atom is 0.338 e. The summed E-state index contributed by atoms with van der Waals surface area (Å²) in [5, 5.41) is 1.02. The normalized spacial score (nSPS) is 14.8. The number of esters is 1. The fraction of sp³-hybridized carbons (Fsp3) is 0.108. The Morgan fingerprint density at radius 3 is 2.29 bits per heavy atom. The van der Waals surface area contributed by atoms with E-state index in [2.05, 4.69) is 23.2 Å². The molecule has 0 aliphatic carbocycles. The van der Waals surface area contributed by atoms with E-state index in [4.69, 9.17) is 9.73 Å². The predicted molar refractivity (Wildman–Crippen MR) is 183 cm³/mol. The first kappa shape index (κ1) is 28.8. The summed E-state index contributed by atoms with van der Waals surface area (Å²) in [6.07, 6.45) is 3.97. The van der Waals surface area contributed by atoms with Crippen LogP contribution in [0.5, 0.6) is 0 Å². The number of ether oxygens (including phenoxy) is 1. The van der Waals surface area contributed by atoms with Crippen molar-refractivity contribution in [3.63, 3.8) is 0 Å². The van der Waals surface area contributed by atoms with Crippen LogP contribution >= 0.6 is 23.1 Å². The smallest absolute Gasteiger partial charge is 0.338 e. The molecule has 0 bridgehead atoms. The van der Waals surface area contributed by atoms with Crippen LogP contribution in [0.2, 0.25) is 0 Å². The largest absolute Gasteiger partial charge is 0.463 e. The van der Waals surface area contributed by atoms with Crippen LogP contribution in [0.25, 0.3) is 33.9 Å². The highest BCUT2D eigenvalue weighted by atomic mass is 32.2. The minimum absolute atomic E-state index is 0.204. The van der Waals surface area contributed by atoms with E-state index in [-0.39, 0.29) is 12.2 Å². The molecule has 7 rings (SSSR count). The minimum atomic E-state index is -0.717. The van der Waals surface area contributed by atoms with Crippen molar-refractivity contribution in [2.24, 2.45) is 4.99 Å². The van der Waals surface area contributed by atoms with E-state index >= 15 is 0 Å². The van der Waals surface area contributed by atoms with Crippen LogP contribution < -0.4 is 14.9 Å². The summed E-state index contributed by atoms with van der Waals surface area (Å²) in [4.78, 5) is 38.4. The number of carbonyl (C=O) groups is 1. The van der Waals surface area contributed by atoms with Crippen molar-refractivity contribution < 1.29 is 9.53 Å². The van der Waals surface area contributed by atoms with E-state index in [0.29, 0.717) is 20.6 Å². The van der Waals surface area contributed by atoms with Gasteiger partial charge in [0.1, 0.15) is 0 Å². The van der Waals surface area contributed by atoms with Crippen LogP contribution in [0.1, 0.15) is 29.7 Å². The second-order valence-corrected chi connectivity index (χ2v) is 12.4. The Bertz CT molecular complexity index is 2250. The Balaban J connectivity index is 1.52. The summed E-state index contributed by atoms with van der Waals surface area (Å²) < 4.78 is 7.78. The molecule has 222 valence electrons. The van der Waals surface area contributed by atoms with Crippen molar-refractivity contribution in [1.29, 1.82) is 0 Å². The lowest BCUT2D eigenvalue weighted by Gasteiger charge is -2.26. The summed E-state index contributed by atoms with van der Waals surface area (Å²) in [5.41, 5.74) is 6.11. The van der Waals surface area contributed by atoms with E-state index < -0.39 is 12.0 Å². The van der Waals surface area contributed by atoms with Gasteiger partial charge >= 0.3 is 5.97 Å². The molecule has 0 saturated carbocycles. The number of hydrogen-bond acceptors (Lipinski definition) is 6. The van der Waals surface area contributed by atoms with Gasteiger partial charge in [0.25, 0.3) is 5.56 Å². The second kappa shape index (κ2) is 12.2. The lowest BCUT2D eigenvalue weighted by molar-refractivity contribution is -0.138. The number of H-pyrrole nitrogens is 1. The van der Waals surface area contributed by atoms with Gasteiger partial charge in [-0.3, -0.25) is 9.36 Å². The fourth-order valence-corrected chi connectivity index (χ4v) is 7.21. The van der Waals surface area contributed by atoms with Crippen molar-refractivity contribution in [2.75, 3.05) is 12.9 Å². The summed E-state index contributed by atoms with van der Waals surface area (Å²) >= 11 is 2.96. The highest BCUT2D eigenvalue weighted by Crippen LogP contribution is 2.36. The number of benzene rings is 4. The molecule has 6 nitrogen and oxygen atoms in total. The molecule has 1 atom stereocenters. The molecule has 1 aliphatic heterocycles. The van der Waals surface area contributed by atoms with Crippen molar-refractivity contribution in [3.05, 3.63) is 151 Å². The first-order valence-electron chi connectivity index (χ1n) is 14.7. The summed E-state index contributed by atoms with van der Waals surface area (Å²) in [7, 11) is 0. The van der Waals surface area contributed by atoms with Crippen LogP contribution in [-0.4, -0.2) is 28.4 Å². The van der Waals surface area contributed by atoms with E-state index in [1.165, 1.54) is 11.3 Å². The number of thiazole rings is 1. The average Bonchev–Trinajstić information content (AvgIpc) is 3.61. The van der Waals surface area contributed by atoms with E-state index in [0.717, 1.165) is 43.7 Å². The van der Waals surface area contributed by atoms with Crippen molar-refractivity contribution in [2.45, 2.75) is 17.9 Å². The molecule has 0 unspecified atom stereocenters. The van der Waals surface area contributed by atoms with Gasteiger partial charge < -0.3 is 9.72 Å². The number of aromatic nitrogens is 2. The highest BCUT2D eigenvalue weighted by molar-refractivity contribution is 7.98. The Morgan fingerprint density at radius 2 is 1.60 bits per heavy atom. The molecule has 0 spiro atoms. The molecule has 8 heteroatoms. The number of fused-ring (bicyclic) bond motifs is 2. The third-order valence-corrected chi connectivity index (χ3v) is 9.62. The monoisotopic (exact) mass is 627 g/mol. The second-order valence-electron chi connectivity index (χ2n) is 10.5. The van der Waals surface area contributed by atoms with E-state index in [1.54, 1.807) is 23.3 Å². The first-order valence-corrected chi connectivity index (χ1v) is 16.7. The predicted octanol–water partition coefficient (Wildman–Crippen LogP) is 6.81. The van der Waals surface area contributed by atoms with Gasteiger partial charge in [-0.15, -0.1) is 11.8 Å². The topological polar surface area (TPSA) is 76.4 Å². The van der Waals surface area contributed by atoms with Gasteiger partial charge in [-0.05, 0) is 48.6 Å². The minimum Gasteiger partial charge on any atom is -0.463 e. The van der Waals surface area contributed by atoms with Gasteiger partial charge in [0, 0.05) is 26.9 Å². The Kier molecular flexibility index (Phi) is 7.83. The quantitative estimate of drug-likeness (QED) is 0.156. The SMILES string of the molecule is CCOC(=O)C1=C(c2ccccc2)N=c2s/c(=C\c3c(-c4ccccc4)[nH]c4ccccc34)c(=O)n2[C@@H]1c1ccc(SC)cc1. The number of carbonyl (C=O) groups excluding carboxylic acids is 1. The Morgan fingerprint density at radius 1 is 0.933 bits per heavy atom. The van der Waals surface area contributed by atoms with E-state index in [1.807, 2.05) is 103 Å². The average molecular weight is 628 g/mol. The van der Waals surface area contributed by atoms with Crippen LogP contribution in [0.3, 0.4) is 0 Å². The molecular weight excluding hydrogens is 599 g/mol. The zero-order chi connectivity index (χ0) is 30.9. The third kappa shape index (κ3) is 5.26. The van der Waals surface area contributed by atoms with Gasteiger partial charge in [-0.2, -0.15) is 0 Å². The summed E-state index contributed by atoms with van der Waals surface area (Å²) in [6.45, 7) is 1.99. The zero-order valence-electron chi connectivity index (χ0n) is 24.7. The molecule has 0 fully saturated rings. The number of aromatic amines is 1. The maximum absolute atomic E-state index is 14.5. The van der Waals surface area contributed by atoms with Crippen LogP contribution in [0.15, 0.2) is 129 Å². The van der Waals surface area contributed by atoms with Crippen LogP contribution in [0, 0.1) is 0 Å². The van der Waals surface area contributed by atoms with Crippen molar-refractivity contribution in [3.8, 4) is 11.3 Å². The Labute approximate surface area is 268 Å². The molecule has 1 aliphatic rings. The van der Waals surface area contributed by atoms with Gasteiger partial charge in [0.15, 0.2) is 4.80 Å². The lowest BCUT2D eigenvalue weighted by atomic mass is 9.93. The van der Waals surface area contributed by atoms with Gasteiger partial charge in [-0.25, -0.2) is 9.79 Å². The molecular formula is C37H29N3O3S2. The molecule has 0 amide bonds. The van der Waals surface area contributed by atoms with Crippen LogP contribution in [0.4, 0.5) is 0 Å². The molecule has 6 aromatic rings. The lowest BCUT2D eigenvalue weighted by Crippen LogP contribution is -2.40. The van der Waals surface area contributed by atoms with Gasteiger partial charge in [-0.1, -0.05) is 102 Å². The third-order valence-electron chi connectivity index (χ3n) is 7.89. The number of nitrogens with one attached hydrogen (secondary N) is 1. The standard InChI is InChI=1S/C37H29N3O3S2/c1-3-43-36(42)31-33(24-14-8-5-9-15-24)39-37-40(34(31)25-18-20-26(44-2)21-19-25)35(41)30(45-37)22-28-27-16-10-11-17-29(27)38-32(28)23-12-6-4-7-13-23/h4-22,34,38H,3H2,1-2H3/b30-22-/t34-/m1/s1. The summed E-state index contributed by atoms with van der Waals surface area (Å²) in [5.74, 6) is -0.490. The van der Waals surface area contributed by atoms with Gasteiger partial charge in [0.05, 0.1) is 34.1 Å². The summed E-state index contributed by atoms with van der Waals surface area (Å²) in [6, 6.07) is 35.1. The molecule has 3 heterocycles. The fourth-order valence-electron chi connectivity index (χ4n) is 5.82. The van der Waals surface area contributed by atoms with E-state index in [9.17, 15) is 9.59 Å². The Hall–Kier alpha value is -4.92. The molecule has 45 heavy (non-hydrogen) atoms. The number of thioether (sulfide) groups is 1. The molecule has 2 aromatic heterocycles. The van der Waals surface area contributed by atoms with Gasteiger partial charge in [0.2, 0.25) is 0 Å². The van der Waals surface area contributed by atoms with Crippen molar-refractivity contribution >= 4 is 51.7 Å². The number of para-hydroxylation sites is 1. The molecule has 4 aromatic carbocycles. The number of rotatable bonds is 7. The first-order chi connectivity index (χ1) is 22.1. The molecule has 0 saturated heterocycles. The number of hydrogen-bond donors (Lipinski definition) is 1. The number of nitrogens with zero attached hydrogens (tertiary/aromatic N) is 2. The molecule has 1 N–H and O–H groups in total. The molecule has 0 radical (unpaired) electrons. The van der Waals surface area contributed by atoms with Crippen LogP contribution in [-0.2, 0) is 9.53 Å². The zero-order valence-corrected chi connectivity index (χ0v) is 26.3. The maximum atomic E-state index is 14.5.